The molecule has 1 aromatic carbocycles. The number of nitrogens with zero attached hydrogens (tertiary/aromatic N) is 2. The first-order valence-corrected chi connectivity index (χ1v) is 6.20. The molecule has 90 valence electrons. The molecule has 0 saturated heterocycles. The highest BCUT2D eigenvalue weighted by atomic mass is 14.9. The molecule has 0 saturated carbocycles. The summed E-state index contributed by atoms with van der Waals surface area (Å²) in [6, 6.07) is 18.4. The number of hydrogen-bond donors (Lipinski definition) is 1. The summed E-state index contributed by atoms with van der Waals surface area (Å²) < 4.78 is 0. The molecule has 1 N–H and O–H groups in total. The molecule has 0 aliphatic heterocycles. The fraction of sp³-hybridized carbons (Fsp3) is 0. The molecular formula is C16H11N3. The fourth-order valence-electron chi connectivity index (χ4n) is 2.31. The summed E-state index contributed by atoms with van der Waals surface area (Å²) in [5.41, 5.74) is 3.84. The SMILES string of the molecule is c1cnc2nc(-c3cc4ccccc4[nH]3)ccc2c1. The fourth-order valence-corrected chi connectivity index (χ4v) is 2.31. The van der Waals surface area contributed by atoms with Crippen LogP contribution in [0.3, 0.4) is 0 Å². The molecule has 0 spiro atoms. The maximum atomic E-state index is 4.60. The lowest BCUT2D eigenvalue weighted by molar-refractivity contribution is 1.27. The minimum Gasteiger partial charge on any atom is -0.353 e. The van der Waals surface area contributed by atoms with Crippen LogP contribution < -0.4 is 0 Å². The van der Waals surface area contributed by atoms with E-state index in [-0.39, 0.29) is 0 Å². The number of para-hydroxylation sites is 1. The van der Waals surface area contributed by atoms with Crippen LogP contribution in [0.4, 0.5) is 0 Å². The quantitative estimate of drug-likeness (QED) is 0.554. The van der Waals surface area contributed by atoms with Crippen molar-refractivity contribution in [3.05, 3.63) is 60.8 Å². The summed E-state index contributed by atoms with van der Waals surface area (Å²) in [5, 5.41) is 2.25. The number of fused-ring (bicyclic) bond motifs is 2. The molecule has 3 heteroatoms. The number of benzene rings is 1. The van der Waals surface area contributed by atoms with Crippen LogP contribution in [0.2, 0.25) is 0 Å². The van der Waals surface area contributed by atoms with E-state index in [1.807, 2.05) is 30.3 Å². The van der Waals surface area contributed by atoms with Gasteiger partial charge in [0.15, 0.2) is 5.65 Å². The zero-order valence-corrected chi connectivity index (χ0v) is 10.2. The van der Waals surface area contributed by atoms with Gasteiger partial charge in [0, 0.05) is 22.5 Å². The third-order valence-electron chi connectivity index (χ3n) is 3.27. The van der Waals surface area contributed by atoms with Crippen molar-refractivity contribution in [3.63, 3.8) is 0 Å². The topological polar surface area (TPSA) is 41.6 Å². The first-order chi connectivity index (χ1) is 9.40. The minimum absolute atomic E-state index is 0.777. The Hall–Kier alpha value is -2.68. The van der Waals surface area contributed by atoms with E-state index in [1.165, 1.54) is 5.39 Å². The number of H-pyrrole nitrogens is 1. The summed E-state index contributed by atoms with van der Waals surface area (Å²) in [6.07, 6.45) is 1.77. The van der Waals surface area contributed by atoms with E-state index in [4.69, 9.17) is 0 Å². The van der Waals surface area contributed by atoms with Gasteiger partial charge in [0.25, 0.3) is 0 Å². The minimum atomic E-state index is 0.777. The molecule has 0 bridgehead atoms. The van der Waals surface area contributed by atoms with Gasteiger partial charge in [-0.05, 0) is 36.4 Å². The van der Waals surface area contributed by atoms with E-state index in [1.54, 1.807) is 6.20 Å². The Morgan fingerprint density at radius 3 is 2.68 bits per heavy atom. The van der Waals surface area contributed by atoms with Crippen LogP contribution in [-0.4, -0.2) is 15.0 Å². The molecule has 3 aromatic heterocycles. The standard InChI is InChI=1S/C16H11N3/c1-2-6-13-12(4-1)10-15(18-13)14-8-7-11-5-3-9-17-16(11)19-14/h1-10,18H. The van der Waals surface area contributed by atoms with Gasteiger partial charge in [0.05, 0.1) is 11.4 Å². The van der Waals surface area contributed by atoms with Gasteiger partial charge in [-0.1, -0.05) is 18.2 Å². The average Bonchev–Trinajstić information content (AvgIpc) is 2.90. The molecule has 4 aromatic rings. The molecule has 19 heavy (non-hydrogen) atoms. The van der Waals surface area contributed by atoms with Crippen molar-refractivity contribution in [1.82, 2.24) is 15.0 Å². The predicted octanol–water partition coefficient (Wildman–Crippen LogP) is 3.78. The highest BCUT2D eigenvalue weighted by Crippen LogP contribution is 2.23. The van der Waals surface area contributed by atoms with E-state index in [2.05, 4.69) is 39.2 Å². The third kappa shape index (κ3) is 1.67. The van der Waals surface area contributed by atoms with Gasteiger partial charge < -0.3 is 4.98 Å². The maximum absolute atomic E-state index is 4.60. The van der Waals surface area contributed by atoms with Gasteiger partial charge in [-0.25, -0.2) is 9.97 Å². The number of aromatic amines is 1. The number of aromatic nitrogens is 3. The van der Waals surface area contributed by atoms with E-state index in [9.17, 15) is 0 Å². The summed E-state index contributed by atoms with van der Waals surface area (Å²) >= 11 is 0. The number of nitrogens with one attached hydrogen (secondary N) is 1. The van der Waals surface area contributed by atoms with Gasteiger partial charge in [0.2, 0.25) is 0 Å². The van der Waals surface area contributed by atoms with Crippen LogP contribution in [-0.2, 0) is 0 Å². The summed E-state index contributed by atoms with van der Waals surface area (Å²) in [7, 11) is 0. The summed E-state index contributed by atoms with van der Waals surface area (Å²) in [6.45, 7) is 0. The van der Waals surface area contributed by atoms with Crippen molar-refractivity contribution < 1.29 is 0 Å². The van der Waals surface area contributed by atoms with Crippen LogP contribution in [0, 0.1) is 0 Å². The van der Waals surface area contributed by atoms with Crippen molar-refractivity contribution in [2.45, 2.75) is 0 Å². The lowest BCUT2D eigenvalue weighted by atomic mass is 10.2. The molecule has 0 amide bonds. The lowest BCUT2D eigenvalue weighted by Crippen LogP contribution is -1.87. The van der Waals surface area contributed by atoms with Gasteiger partial charge in [-0.15, -0.1) is 0 Å². The second kappa shape index (κ2) is 3.92. The Kier molecular flexibility index (Phi) is 2.12. The number of rotatable bonds is 1. The maximum Gasteiger partial charge on any atom is 0.159 e. The Morgan fingerprint density at radius 1 is 0.842 bits per heavy atom. The molecule has 0 atom stereocenters. The molecule has 0 unspecified atom stereocenters. The van der Waals surface area contributed by atoms with E-state index in [0.717, 1.165) is 27.9 Å². The molecule has 0 aliphatic carbocycles. The van der Waals surface area contributed by atoms with Gasteiger partial charge in [-0.3, -0.25) is 0 Å². The Bertz CT molecular complexity index is 844. The molecule has 0 fully saturated rings. The van der Waals surface area contributed by atoms with E-state index < -0.39 is 0 Å². The smallest absolute Gasteiger partial charge is 0.159 e. The normalized spacial score (nSPS) is 11.2. The number of pyridine rings is 2. The first kappa shape index (κ1) is 10.3. The van der Waals surface area contributed by atoms with Gasteiger partial charge >= 0.3 is 0 Å². The number of hydrogen-bond acceptors (Lipinski definition) is 2. The second-order valence-corrected chi connectivity index (χ2v) is 4.52. The molecule has 3 heterocycles. The second-order valence-electron chi connectivity index (χ2n) is 4.52. The molecule has 3 nitrogen and oxygen atoms in total. The van der Waals surface area contributed by atoms with Gasteiger partial charge in [0.1, 0.15) is 0 Å². The third-order valence-corrected chi connectivity index (χ3v) is 3.27. The zero-order chi connectivity index (χ0) is 12.7. The Balaban J connectivity index is 1.93. The van der Waals surface area contributed by atoms with E-state index in [0.29, 0.717) is 0 Å². The zero-order valence-electron chi connectivity index (χ0n) is 10.2. The van der Waals surface area contributed by atoms with Crippen LogP contribution in [0.5, 0.6) is 0 Å². The Labute approximate surface area is 110 Å². The molecular weight excluding hydrogens is 234 g/mol. The molecule has 4 rings (SSSR count). The largest absolute Gasteiger partial charge is 0.353 e. The monoisotopic (exact) mass is 245 g/mol. The van der Waals surface area contributed by atoms with Crippen LogP contribution in [0.25, 0.3) is 33.3 Å². The van der Waals surface area contributed by atoms with Crippen molar-refractivity contribution in [2.75, 3.05) is 0 Å². The van der Waals surface area contributed by atoms with Crippen molar-refractivity contribution in [3.8, 4) is 11.4 Å². The van der Waals surface area contributed by atoms with Crippen molar-refractivity contribution >= 4 is 21.9 Å². The van der Waals surface area contributed by atoms with Crippen LogP contribution in [0.1, 0.15) is 0 Å². The first-order valence-electron chi connectivity index (χ1n) is 6.20. The lowest BCUT2D eigenvalue weighted by Gasteiger charge is -1.99. The van der Waals surface area contributed by atoms with Gasteiger partial charge in [-0.2, -0.15) is 0 Å². The van der Waals surface area contributed by atoms with Crippen molar-refractivity contribution in [1.29, 1.82) is 0 Å². The van der Waals surface area contributed by atoms with Crippen LogP contribution >= 0.6 is 0 Å². The summed E-state index contributed by atoms with van der Waals surface area (Å²) in [5.74, 6) is 0. The molecule has 0 radical (unpaired) electrons. The molecule has 0 aliphatic rings. The van der Waals surface area contributed by atoms with Crippen molar-refractivity contribution in [2.24, 2.45) is 0 Å². The van der Waals surface area contributed by atoms with Crippen LogP contribution in [0.15, 0.2) is 60.8 Å². The predicted molar refractivity (Wildman–Crippen MR) is 76.8 cm³/mol. The van der Waals surface area contributed by atoms with E-state index >= 15 is 0 Å². The Morgan fingerprint density at radius 2 is 1.74 bits per heavy atom. The summed E-state index contributed by atoms with van der Waals surface area (Å²) in [4.78, 5) is 12.3. The average molecular weight is 245 g/mol. The highest BCUT2D eigenvalue weighted by Gasteiger charge is 2.05. The highest BCUT2D eigenvalue weighted by molar-refractivity contribution is 5.86.